The molecule has 1 fully saturated rings. The molecule has 0 radical (unpaired) electrons. The summed E-state index contributed by atoms with van der Waals surface area (Å²) in [6.07, 6.45) is 2.20. The maximum absolute atomic E-state index is 13.1. The molecule has 1 aliphatic rings. The second-order valence-electron chi connectivity index (χ2n) is 4.46. The van der Waals surface area contributed by atoms with Gasteiger partial charge in [0.15, 0.2) is 11.6 Å². The third-order valence-corrected chi connectivity index (χ3v) is 3.25. The fourth-order valence-electron chi connectivity index (χ4n) is 1.75. The number of hydrogen-bond acceptors (Lipinski definition) is 3. The van der Waals surface area contributed by atoms with E-state index in [1.54, 1.807) is 6.07 Å². The zero-order chi connectivity index (χ0) is 13.4. The van der Waals surface area contributed by atoms with Gasteiger partial charge in [-0.25, -0.2) is 18.7 Å². The number of nitrogens with zero attached hydrogens (tertiary/aromatic N) is 2. The van der Waals surface area contributed by atoms with Crippen molar-refractivity contribution in [2.75, 3.05) is 5.32 Å². The summed E-state index contributed by atoms with van der Waals surface area (Å²) in [4.78, 5) is 8.68. The van der Waals surface area contributed by atoms with Crippen molar-refractivity contribution < 1.29 is 8.78 Å². The van der Waals surface area contributed by atoms with Crippen LogP contribution in [0.3, 0.4) is 0 Å². The summed E-state index contributed by atoms with van der Waals surface area (Å²) in [5.41, 5.74) is 0.450. The Balaban J connectivity index is 1.87. The van der Waals surface area contributed by atoms with E-state index in [9.17, 15) is 8.78 Å². The van der Waals surface area contributed by atoms with Crippen LogP contribution in [0.4, 0.5) is 20.3 Å². The molecule has 19 heavy (non-hydrogen) atoms. The predicted molar refractivity (Wildman–Crippen MR) is 71.3 cm³/mol. The summed E-state index contributed by atoms with van der Waals surface area (Å²) < 4.78 is 26.6. The molecule has 0 atom stereocenters. The van der Waals surface area contributed by atoms with E-state index in [4.69, 9.17) is 0 Å². The van der Waals surface area contributed by atoms with Crippen molar-refractivity contribution in [3.8, 4) is 0 Å². The zero-order valence-electron chi connectivity index (χ0n) is 9.83. The zero-order valence-corrected chi connectivity index (χ0v) is 11.4. The fourth-order valence-corrected chi connectivity index (χ4v) is 2.14. The first-order valence-electron chi connectivity index (χ1n) is 5.88. The second kappa shape index (κ2) is 4.85. The minimum absolute atomic E-state index is 0.419. The van der Waals surface area contributed by atoms with E-state index >= 15 is 0 Å². The molecule has 0 aliphatic heterocycles. The first-order valence-corrected chi connectivity index (χ1v) is 6.67. The van der Waals surface area contributed by atoms with Crippen LogP contribution < -0.4 is 5.32 Å². The summed E-state index contributed by atoms with van der Waals surface area (Å²) in [5, 5.41) is 2.95. The van der Waals surface area contributed by atoms with Crippen LogP contribution in [-0.2, 0) is 0 Å². The minimum atomic E-state index is -0.888. The van der Waals surface area contributed by atoms with Crippen LogP contribution in [0.25, 0.3) is 0 Å². The molecule has 1 aromatic carbocycles. The van der Waals surface area contributed by atoms with Gasteiger partial charge in [-0.1, -0.05) is 0 Å². The monoisotopic (exact) mass is 325 g/mol. The Morgan fingerprint density at radius 2 is 1.89 bits per heavy atom. The highest BCUT2D eigenvalue weighted by atomic mass is 79.9. The summed E-state index contributed by atoms with van der Waals surface area (Å²) in [5.74, 6) is 0.00544. The normalized spacial score (nSPS) is 14.5. The molecule has 0 unspecified atom stereocenters. The molecule has 2 aromatic rings. The molecule has 98 valence electrons. The van der Waals surface area contributed by atoms with Gasteiger partial charge in [0, 0.05) is 23.7 Å². The first kappa shape index (κ1) is 12.5. The van der Waals surface area contributed by atoms with Gasteiger partial charge in [-0.2, -0.15) is 0 Å². The summed E-state index contributed by atoms with van der Waals surface area (Å²) >= 11 is 3.32. The highest BCUT2D eigenvalue weighted by Gasteiger charge is 2.27. The highest BCUT2D eigenvalue weighted by Crippen LogP contribution is 2.39. The lowest BCUT2D eigenvalue weighted by atomic mass is 10.3. The van der Waals surface area contributed by atoms with Crippen LogP contribution in [0, 0.1) is 11.6 Å². The van der Waals surface area contributed by atoms with Gasteiger partial charge in [0.05, 0.1) is 0 Å². The number of benzene rings is 1. The van der Waals surface area contributed by atoms with Crippen LogP contribution in [-0.4, -0.2) is 9.97 Å². The van der Waals surface area contributed by atoms with Crippen molar-refractivity contribution in [1.82, 2.24) is 9.97 Å². The van der Waals surface area contributed by atoms with Gasteiger partial charge in [-0.15, -0.1) is 0 Å². The number of anilines is 2. The van der Waals surface area contributed by atoms with Gasteiger partial charge in [0.1, 0.15) is 16.2 Å². The lowest BCUT2D eigenvalue weighted by Crippen LogP contribution is -2.00. The topological polar surface area (TPSA) is 37.8 Å². The lowest BCUT2D eigenvalue weighted by molar-refractivity contribution is 0.509. The molecule has 0 saturated heterocycles. The van der Waals surface area contributed by atoms with Gasteiger partial charge in [-0.05, 0) is 40.9 Å². The first-order chi connectivity index (χ1) is 9.11. The van der Waals surface area contributed by atoms with E-state index in [0.29, 0.717) is 22.0 Å². The smallest absolute Gasteiger partial charge is 0.160 e. The third kappa shape index (κ3) is 2.89. The van der Waals surface area contributed by atoms with Gasteiger partial charge < -0.3 is 5.32 Å². The van der Waals surface area contributed by atoms with E-state index < -0.39 is 11.6 Å². The van der Waals surface area contributed by atoms with E-state index in [0.717, 1.165) is 30.8 Å². The van der Waals surface area contributed by atoms with Crippen molar-refractivity contribution >= 4 is 27.4 Å². The lowest BCUT2D eigenvalue weighted by Gasteiger charge is -2.08. The largest absolute Gasteiger partial charge is 0.340 e. The average molecular weight is 326 g/mol. The van der Waals surface area contributed by atoms with Crippen LogP contribution in [0.1, 0.15) is 24.6 Å². The van der Waals surface area contributed by atoms with Crippen LogP contribution >= 0.6 is 15.9 Å². The molecule has 1 saturated carbocycles. The maximum atomic E-state index is 13.1. The molecular formula is C13H10BrF2N3. The number of halogens is 3. The standard InChI is InChI=1S/C13H10BrF2N3/c14-11-6-12(19-13(18-11)7-1-2-7)17-8-3-4-9(15)10(16)5-8/h3-7H,1-2H2,(H,17,18,19). The number of hydrogen-bond donors (Lipinski definition) is 1. The minimum Gasteiger partial charge on any atom is -0.340 e. The Bertz CT molecular complexity index is 629. The number of rotatable bonds is 3. The third-order valence-electron chi connectivity index (χ3n) is 2.85. The highest BCUT2D eigenvalue weighted by molar-refractivity contribution is 9.10. The molecule has 1 aromatic heterocycles. The maximum Gasteiger partial charge on any atom is 0.160 e. The molecule has 0 bridgehead atoms. The molecular weight excluding hydrogens is 316 g/mol. The molecule has 3 nitrogen and oxygen atoms in total. The Morgan fingerprint density at radius 1 is 1.11 bits per heavy atom. The Kier molecular flexibility index (Phi) is 3.18. The van der Waals surface area contributed by atoms with Crippen LogP contribution in [0.15, 0.2) is 28.9 Å². The molecule has 3 rings (SSSR count). The van der Waals surface area contributed by atoms with Crippen molar-refractivity contribution in [2.24, 2.45) is 0 Å². The molecule has 6 heteroatoms. The molecule has 1 heterocycles. The Hall–Kier alpha value is -1.56. The molecule has 1 aliphatic carbocycles. The molecule has 0 amide bonds. The Labute approximate surface area is 117 Å². The SMILES string of the molecule is Fc1ccc(Nc2cc(Br)nc(C3CC3)n2)cc1F. The quantitative estimate of drug-likeness (QED) is 0.862. The van der Waals surface area contributed by atoms with E-state index in [1.807, 2.05) is 0 Å². The second-order valence-corrected chi connectivity index (χ2v) is 5.27. The molecule has 1 N–H and O–H groups in total. The van der Waals surface area contributed by atoms with Crippen LogP contribution in [0.5, 0.6) is 0 Å². The van der Waals surface area contributed by atoms with Crippen molar-refractivity contribution in [3.63, 3.8) is 0 Å². The average Bonchev–Trinajstić information content (AvgIpc) is 3.17. The van der Waals surface area contributed by atoms with E-state index in [-0.39, 0.29) is 0 Å². The summed E-state index contributed by atoms with van der Waals surface area (Å²) in [7, 11) is 0. The van der Waals surface area contributed by atoms with Crippen molar-refractivity contribution in [1.29, 1.82) is 0 Å². The van der Waals surface area contributed by atoms with Crippen molar-refractivity contribution in [3.05, 3.63) is 46.3 Å². The number of aromatic nitrogens is 2. The number of nitrogens with one attached hydrogen (secondary N) is 1. The van der Waals surface area contributed by atoms with Gasteiger partial charge in [0.2, 0.25) is 0 Å². The van der Waals surface area contributed by atoms with Gasteiger partial charge in [-0.3, -0.25) is 0 Å². The van der Waals surface area contributed by atoms with Crippen LogP contribution in [0.2, 0.25) is 0 Å². The summed E-state index contributed by atoms with van der Waals surface area (Å²) in [6.45, 7) is 0. The van der Waals surface area contributed by atoms with Gasteiger partial charge >= 0.3 is 0 Å². The van der Waals surface area contributed by atoms with Gasteiger partial charge in [0.25, 0.3) is 0 Å². The fraction of sp³-hybridized carbons (Fsp3) is 0.231. The van der Waals surface area contributed by atoms with Crippen molar-refractivity contribution in [2.45, 2.75) is 18.8 Å². The summed E-state index contributed by atoms with van der Waals surface area (Å²) in [6, 6.07) is 5.34. The van der Waals surface area contributed by atoms with E-state index in [2.05, 4.69) is 31.2 Å². The van der Waals surface area contributed by atoms with E-state index in [1.165, 1.54) is 6.07 Å². The Morgan fingerprint density at radius 3 is 2.58 bits per heavy atom. The molecule has 0 spiro atoms. The predicted octanol–water partition coefficient (Wildman–Crippen LogP) is 4.14.